The average molecular weight is 220 g/mol. The van der Waals surface area contributed by atoms with Gasteiger partial charge in [-0.15, -0.1) is 0 Å². The van der Waals surface area contributed by atoms with Gasteiger partial charge in [0.05, 0.1) is 6.42 Å². The van der Waals surface area contributed by atoms with Crippen LogP contribution in [-0.4, -0.2) is 28.5 Å². The van der Waals surface area contributed by atoms with Crippen LogP contribution in [-0.2, 0) is 18.3 Å². The summed E-state index contributed by atoms with van der Waals surface area (Å²) < 4.78 is 1.99. The van der Waals surface area contributed by atoms with Crippen LogP contribution in [0.5, 0.6) is 0 Å². The predicted molar refractivity (Wildman–Crippen MR) is 64.2 cm³/mol. The van der Waals surface area contributed by atoms with Crippen molar-refractivity contribution in [2.24, 2.45) is 7.05 Å². The number of rotatable bonds is 2. The number of nitrogens with zero attached hydrogens (tertiary/aromatic N) is 2. The molecule has 0 atom stereocenters. The van der Waals surface area contributed by atoms with Gasteiger partial charge in [-0.1, -0.05) is 12.8 Å². The smallest absolute Gasteiger partial charge is 0.227 e. The highest BCUT2D eigenvalue weighted by Crippen LogP contribution is 2.11. The Hall–Kier alpha value is -1.25. The fraction of sp³-hybridized carbons (Fsp3) is 0.615. The van der Waals surface area contributed by atoms with E-state index in [0.717, 1.165) is 18.7 Å². The second-order valence-corrected chi connectivity index (χ2v) is 4.66. The summed E-state index contributed by atoms with van der Waals surface area (Å²) >= 11 is 0. The van der Waals surface area contributed by atoms with Crippen LogP contribution < -0.4 is 0 Å². The first-order chi connectivity index (χ1) is 7.75. The van der Waals surface area contributed by atoms with E-state index in [9.17, 15) is 4.79 Å². The van der Waals surface area contributed by atoms with Crippen molar-refractivity contribution in [3.63, 3.8) is 0 Å². The maximum absolute atomic E-state index is 12.0. The zero-order chi connectivity index (χ0) is 11.4. The van der Waals surface area contributed by atoms with Crippen molar-refractivity contribution in [3.8, 4) is 0 Å². The summed E-state index contributed by atoms with van der Waals surface area (Å²) in [6.07, 6.45) is 9.45. The van der Waals surface area contributed by atoms with Crippen molar-refractivity contribution in [2.45, 2.75) is 32.1 Å². The molecule has 1 aliphatic heterocycles. The van der Waals surface area contributed by atoms with E-state index in [2.05, 4.69) is 0 Å². The lowest BCUT2D eigenvalue weighted by Crippen LogP contribution is -2.32. The van der Waals surface area contributed by atoms with Gasteiger partial charge in [-0.25, -0.2) is 0 Å². The average Bonchev–Trinajstić information content (AvgIpc) is 2.56. The second-order valence-electron chi connectivity index (χ2n) is 4.66. The molecule has 0 N–H and O–H groups in total. The lowest BCUT2D eigenvalue weighted by Gasteiger charge is -2.19. The molecule has 1 aromatic rings. The van der Waals surface area contributed by atoms with E-state index in [1.165, 1.54) is 25.7 Å². The minimum atomic E-state index is 0.285. The van der Waals surface area contributed by atoms with Crippen LogP contribution >= 0.6 is 0 Å². The molecule has 1 aromatic heterocycles. The van der Waals surface area contributed by atoms with Gasteiger partial charge < -0.3 is 9.47 Å². The van der Waals surface area contributed by atoms with E-state index in [-0.39, 0.29) is 5.91 Å². The standard InChI is InChI=1S/C13H20N2O/c1-14-9-6-12(11-14)10-13(16)15-7-4-2-3-5-8-15/h6,9,11H,2-5,7-8,10H2,1H3. The molecule has 88 valence electrons. The molecule has 0 radical (unpaired) electrons. The topological polar surface area (TPSA) is 25.2 Å². The Balaban J connectivity index is 1.91. The lowest BCUT2D eigenvalue weighted by atomic mass is 10.2. The molecule has 0 unspecified atom stereocenters. The monoisotopic (exact) mass is 220 g/mol. The minimum Gasteiger partial charge on any atom is -0.357 e. The highest BCUT2D eigenvalue weighted by molar-refractivity contribution is 5.78. The first-order valence-corrected chi connectivity index (χ1v) is 6.14. The first kappa shape index (κ1) is 11.2. The summed E-state index contributed by atoms with van der Waals surface area (Å²) in [5.74, 6) is 0.285. The Morgan fingerprint density at radius 2 is 1.94 bits per heavy atom. The fourth-order valence-electron chi connectivity index (χ4n) is 2.27. The van der Waals surface area contributed by atoms with Crippen LogP contribution in [0.15, 0.2) is 18.5 Å². The Bertz CT molecular complexity index is 349. The number of carbonyl (C=O) groups is 1. The van der Waals surface area contributed by atoms with Crippen molar-refractivity contribution < 1.29 is 4.79 Å². The zero-order valence-electron chi connectivity index (χ0n) is 9.98. The third kappa shape index (κ3) is 2.87. The Labute approximate surface area is 97.1 Å². The molecular formula is C13H20N2O. The number of aromatic nitrogens is 1. The van der Waals surface area contributed by atoms with Gasteiger partial charge in [0.1, 0.15) is 0 Å². The summed E-state index contributed by atoms with van der Waals surface area (Å²) in [7, 11) is 1.99. The molecular weight excluding hydrogens is 200 g/mol. The highest BCUT2D eigenvalue weighted by atomic mass is 16.2. The third-order valence-electron chi connectivity index (χ3n) is 3.21. The number of aryl methyl sites for hydroxylation is 1. The summed E-state index contributed by atoms with van der Waals surface area (Å²) in [5, 5.41) is 0. The van der Waals surface area contributed by atoms with Crippen LogP contribution in [0, 0.1) is 0 Å². The van der Waals surface area contributed by atoms with Crippen LogP contribution in [0.1, 0.15) is 31.2 Å². The molecule has 3 nitrogen and oxygen atoms in total. The van der Waals surface area contributed by atoms with Gasteiger partial charge in [-0.3, -0.25) is 4.79 Å². The Kier molecular flexibility index (Phi) is 3.65. The molecule has 1 saturated heterocycles. The number of hydrogen-bond donors (Lipinski definition) is 0. The molecule has 1 amide bonds. The lowest BCUT2D eigenvalue weighted by molar-refractivity contribution is -0.130. The number of amides is 1. The molecule has 2 heterocycles. The summed E-state index contributed by atoms with van der Waals surface area (Å²) in [6.45, 7) is 1.90. The Morgan fingerprint density at radius 1 is 1.25 bits per heavy atom. The molecule has 1 aliphatic rings. The van der Waals surface area contributed by atoms with Gasteiger partial charge in [0.25, 0.3) is 0 Å². The van der Waals surface area contributed by atoms with Gasteiger partial charge >= 0.3 is 0 Å². The normalized spacial score (nSPS) is 17.2. The number of carbonyl (C=O) groups excluding carboxylic acids is 1. The van der Waals surface area contributed by atoms with Gasteiger partial charge in [-0.05, 0) is 24.5 Å². The van der Waals surface area contributed by atoms with Crippen molar-refractivity contribution in [2.75, 3.05) is 13.1 Å². The molecule has 0 spiro atoms. The summed E-state index contributed by atoms with van der Waals surface area (Å²) in [5.41, 5.74) is 1.12. The molecule has 0 bridgehead atoms. The summed E-state index contributed by atoms with van der Waals surface area (Å²) in [4.78, 5) is 14.1. The summed E-state index contributed by atoms with van der Waals surface area (Å²) in [6, 6.07) is 2.02. The maximum Gasteiger partial charge on any atom is 0.227 e. The third-order valence-corrected chi connectivity index (χ3v) is 3.21. The molecule has 2 rings (SSSR count). The van der Waals surface area contributed by atoms with Crippen molar-refractivity contribution in [1.82, 2.24) is 9.47 Å². The largest absolute Gasteiger partial charge is 0.357 e. The van der Waals surface area contributed by atoms with Gasteiger partial charge in [0.15, 0.2) is 0 Å². The van der Waals surface area contributed by atoms with Crippen LogP contribution in [0.2, 0.25) is 0 Å². The van der Waals surface area contributed by atoms with Crippen molar-refractivity contribution >= 4 is 5.91 Å². The zero-order valence-corrected chi connectivity index (χ0v) is 9.98. The number of hydrogen-bond acceptors (Lipinski definition) is 1. The van der Waals surface area contributed by atoms with Gasteiger partial charge in [0, 0.05) is 32.5 Å². The second kappa shape index (κ2) is 5.19. The van der Waals surface area contributed by atoms with Gasteiger partial charge in [0.2, 0.25) is 5.91 Å². The van der Waals surface area contributed by atoms with E-state index in [0.29, 0.717) is 6.42 Å². The highest BCUT2D eigenvalue weighted by Gasteiger charge is 2.15. The minimum absolute atomic E-state index is 0.285. The van der Waals surface area contributed by atoms with Crippen LogP contribution in [0.25, 0.3) is 0 Å². The van der Waals surface area contributed by atoms with Crippen molar-refractivity contribution in [3.05, 3.63) is 24.0 Å². The SMILES string of the molecule is Cn1ccc(CC(=O)N2CCCCCC2)c1. The van der Waals surface area contributed by atoms with E-state index >= 15 is 0 Å². The molecule has 3 heteroatoms. The first-order valence-electron chi connectivity index (χ1n) is 6.14. The van der Waals surface area contributed by atoms with E-state index < -0.39 is 0 Å². The molecule has 16 heavy (non-hydrogen) atoms. The predicted octanol–water partition coefficient (Wildman–Crippen LogP) is 1.97. The molecule has 0 saturated carbocycles. The van der Waals surface area contributed by atoms with Crippen LogP contribution in [0.4, 0.5) is 0 Å². The fourth-order valence-corrected chi connectivity index (χ4v) is 2.27. The quantitative estimate of drug-likeness (QED) is 0.748. The van der Waals surface area contributed by atoms with Crippen LogP contribution in [0.3, 0.4) is 0 Å². The van der Waals surface area contributed by atoms with Crippen molar-refractivity contribution in [1.29, 1.82) is 0 Å². The Morgan fingerprint density at radius 3 is 2.50 bits per heavy atom. The number of likely N-dealkylation sites (tertiary alicyclic amines) is 1. The van der Waals surface area contributed by atoms with E-state index in [1.807, 2.05) is 35.0 Å². The maximum atomic E-state index is 12.0. The van der Waals surface area contributed by atoms with Gasteiger partial charge in [-0.2, -0.15) is 0 Å². The molecule has 1 fully saturated rings. The molecule has 0 aliphatic carbocycles. The van der Waals surface area contributed by atoms with E-state index in [4.69, 9.17) is 0 Å². The van der Waals surface area contributed by atoms with E-state index in [1.54, 1.807) is 0 Å². The molecule has 0 aromatic carbocycles.